The number of nitrogens with zero attached hydrogens (tertiary/aromatic N) is 1. The first kappa shape index (κ1) is 12.8. The van der Waals surface area contributed by atoms with Crippen molar-refractivity contribution in [3.63, 3.8) is 0 Å². The number of primary sulfonamides is 1. The van der Waals surface area contributed by atoms with Crippen LogP contribution < -0.4 is 5.14 Å². The third-order valence-electron chi connectivity index (χ3n) is 1.40. The van der Waals surface area contributed by atoms with Crippen molar-refractivity contribution in [1.82, 2.24) is 4.98 Å². The summed E-state index contributed by atoms with van der Waals surface area (Å²) in [5, 5.41) is 3.88. The Kier molecular flexibility index (Phi) is 3.64. The number of sulfonamides is 1. The Morgan fingerprint density at radius 1 is 1.53 bits per heavy atom. The summed E-state index contributed by atoms with van der Waals surface area (Å²) in [6.45, 7) is 0. The van der Waals surface area contributed by atoms with Gasteiger partial charge in [-0.3, -0.25) is 0 Å². The molecule has 0 saturated carbocycles. The molecule has 0 aliphatic heterocycles. The minimum atomic E-state index is -4.19. The molecule has 9 heteroatoms. The Bertz CT molecular complexity index is 494. The van der Waals surface area contributed by atoms with Crippen LogP contribution in [0, 0.1) is 0 Å². The van der Waals surface area contributed by atoms with E-state index in [2.05, 4.69) is 20.9 Å². The zero-order chi connectivity index (χ0) is 11.8. The zero-order valence-electron chi connectivity index (χ0n) is 6.92. The van der Waals surface area contributed by atoms with Gasteiger partial charge in [-0.05, 0) is 22.0 Å². The van der Waals surface area contributed by atoms with Crippen molar-refractivity contribution in [2.24, 2.45) is 5.14 Å². The molecule has 0 aliphatic carbocycles. The molecule has 84 valence electrons. The van der Waals surface area contributed by atoms with E-state index in [4.69, 9.17) is 16.7 Å². The van der Waals surface area contributed by atoms with Crippen molar-refractivity contribution in [3.05, 3.63) is 21.3 Å². The summed E-state index contributed by atoms with van der Waals surface area (Å²) in [6.07, 6.45) is -2.92. The second-order valence-corrected chi connectivity index (χ2v) is 5.17. The van der Waals surface area contributed by atoms with Gasteiger partial charge in [0.1, 0.15) is 5.69 Å². The van der Waals surface area contributed by atoms with E-state index in [1.54, 1.807) is 0 Å². The molecule has 0 amide bonds. The minimum Gasteiger partial charge on any atom is -0.233 e. The molecule has 15 heavy (non-hydrogen) atoms. The zero-order valence-corrected chi connectivity index (χ0v) is 10.1. The summed E-state index contributed by atoms with van der Waals surface area (Å²) >= 11 is 8.33. The van der Waals surface area contributed by atoms with Crippen molar-refractivity contribution >= 4 is 37.6 Å². The Hall–Kier alpha value is -0.310. The second kappa shape index (κ2) is 4.28. The molecule has 0 aromatic carbocycles. The van der Waals surface area contributed by atoms with Crippen LogP contribution in [0.15, 0.2) is 15.6 Å². The monoisotopic (exact) mass is 320 g/mol. The van der Waals surface area contributed by atoms with E-state index in [1.807, 2.05) is 0 Å². The lowest BCUT2D eigenvalue weighted by Crippen LogP contribution is -2.16. The van der Waals surface area contributed by atoms with Crippen molar-refractivity contribution in [2.75, 3.05) is 0 Å². The molecule has 2 N–H and O–H groups in total. The number of alkyl halides is 2. The highest BCUT2D eigenvalue weighted by molar-refractivity contribution is 9.10. The van der Waals surface area contributed by atoms with Crippen molar-refractivity contribution in [3.8, 4) is 0 Å². The van der Waals surface area contributed by atoms with E-state index in [1.165, 1.54) is 0 Å². The Labute approximate surface area is 97.6 Å². The number of pyridine rings is 1. The topological polar surface area (TPSA) is 73.1 Å². The predicted octanol–water partition coefficient (Wildman–Crippen LogP) is 2.08. The molecule has 1 aromatic rings. The van der Waals surface area contributed by atoms with E-state index in [0.29, 0.717) is 0 Å². The molecule has 4 nitrogen and oxygen atoms in total. The van der Waals surface area contributed by atoms with Gasteiger partial charge >= 0.3 is 0 Å². The van der Waals surface area contributed by atoms with Crippen LogP contribution >= 0.6 is 27.5 Å². The normalized spacial score (nSPS) is 12.1. The highest BCUT2D eigenvalue weighted by atomic mass is 79.9. The average Bonchev–Trinajstić information content (AvgIpc) is 2.06. The lowest BCUT2D eigenvalue weighted by atomic mass is 10.4. The molecule has 0 radical (unpaired) electrons. The maximum absolute atomic E-state index is 12.3. The molecule has 0 aliphatic rings. The number of nitrogens with two attached hydrogens (primary N) is 1. The van der Waals surface area contributed by atoms with Gasteiger partial charge < -0.3 is 0 Å². The van der Waals surface area contributed by atoms with Crippen LogP contribution in [0.1, 0.15) is 12.1 Å². The summed E-state index contributed by atoms with van der Waals surface area (Å²) in [4.78, 5) is 3.21. The summed E-state index contributed by atoms with van der Waals surface area (Å²) in [5.41, 5.74) is -0.743. The first-order valence-electron chi connectivity index (χ1n) is 3.40. The molecule has 1 rings (SSSR count). The SMILES string of the molecule is NS(=O)(=O)c1nc(C(F)F)cc(Cl)c1Br. The van der Waals surface area contributed by atoms with E-state index in [-0.39, 0.29) is 9.50 Å². The lowest BCUT2D eigenvalue weighted by molar-refractivity contribution is 0.145. The van der Waals surface area contributed by atoms with E-state index >= 15 is 0 Å². The summed E-state index contributed by atoms with van der Waals surface area (Å²) < 4.78 is 46.3. The fourth-order valence-corrected chi connectivity index (χ4v) is 2.52. The van der Waals surface area contributed by atoms with Gasteiger partial charge in [0, 0.05) is 0 Å². The summed E-state index contributed by atoms with van der Waals surface area (Å²) in [7, 11) is -4.19. The molecular weight excluding hydrogens is 317 g/mol. The third kappa shape index (κ3) is 2.83. The largest absolute Gasteiger partial charge is 0.280 e. The first-order valence-corrected chi connectivity index (χ1v) is 6.12. The molecule has 0 spiro atoms. The number of hydrogen-bond donors (Lipinski definition) is 1. The fourth-order valence-electron chi connectivity index (χ4n) is 0.794. The number of hydrogen-bond acceptors (Lipinski definition) is 3. The molecule has 0 atom stereocenters. The molecule has 0 saturated heterocycles. The molecule has 0 bridgehead atoms. The van der Waals surface area contributed by atoms with Crippen molar-refractivity contribution in [2.45, 2.75) is 11.5 Å². The Morgan fingerprint density at radius 2 is 2.07 bits per heavy atom. The lowest BCUT2D eigenvalue weighted by Gasteiger charge is -2.06. The van der Waals surface area contributed by atoms with E-state index in [9.17, 15) is 17.2 Å². The smallest absolute Gasteiger partial charge is 0.233 e. The van der Waals surface area contributed by atoms with Gasteiger partial charge in [-0.1, -0.05) is 11.6 Å². The Morgan fingerprint density at radius 3 is 2.47 bits per heavy atom. The first-order chi connectivity index (χ1) is 6.73. The van der Waals surface area contributed by atoms with Crippen LogP contribution in [0.25, 0.3) is 0 Å². The molecular formula is C6H4BrClF2N2O2S. The third-order valence-corrected chi connectivity index (χ3v) is 3.82. The number of halogens is 4. The predicted molar refractivity (Wildman–Crippen MR) is 53.3 cm³/mol. The number of aromatic nitrogens is 1. The molecule has 1 aromatic heterocycles. The van der Waals surface area contributed by atoms with Gasteiger partial charge in [0.2, 0.25) is 0 Å². The highest BCUT2D eigenvalue weighted by Crippen LogP contribution is 2.31. The molecule has 0 fully saturated rings. The standard InChI is InChI=1S/C6H4BrClF2N2O2S/c7-4-2(8)1-3(5(9)10)12-6(4)15(11,13)14/h1,5H,(H2,11,13,14). The van der Waals surface area contributed by atoms with Gasteiger partial charge in [-0.15, -0.1) is 0 Å². The highest BCUT2D eigenvalue weighted by Gasteiger charge is 2.21. The quantitative estimate of drug-likeness (QED) is 0.906. The van der Waals surface area contributed by atoms with Crippen LogP contribution in [0.5, 0.6) is 0 Å². The van der Waals surface area contributed by atoms with Crippen LogP contribution in [0.4, 0.5) is 8.78 Å². The summed E-state index contributed by atoms with van der Waals surface area (Å²) in [5.74, 6) is 0. The van der Waals surface area contributed by atoms with Crippen molar-refractivity contribution < 1.29 is 17.2 Å². The van der Waals surface area contributed by atoms with E-state index < -0.39 is 27.2 Å². The second-order valence-electron chi connectivity index (χ2n) is 2.49. The van der Waals surface area contributed by atoms with E-state index in [0.717, 1.165) is 6.07 Å². The molecule has 1 heterocycles. The van der Waals surface area contributed by atoms with Crippen LogP contribution in [0.2, 0.25) is 5.02 Å². The van der Waals surface area contributed by atoms with Gasteiger partial charge in [-0.25, -0.2) is 27.3 Å². The Balaban J connectivity index is 3.52. The van der Waals surface area contributed by atoms with Gasteiger partial charge in [0.15, 0.2) is 5.03 Å². The van der Waals surface area contributed by atoms with Crippen molar-refractivity contribution in [1.29, 1.82) is 0 Å². The number of rotatable bonds is 2. The average molecular weight is 322 g/mol. The maximum Gasteiger partial charge on any atom is 0.280 e. The summed E-state index contributed by atoms with van der Waals surface area (Å²) in [6, 6.07) is 0.866. The molecule has 0 unspecified atom stereocenters. The maximum atomic E-state index is 12.3. The van der Waals surface area contributed by atoms with Crippen LogP contribution in [0.3, 0.4) is 0 Å². The van der Waals surface area contributed by atoms with Gasteiger partial charge in [0.05, 0.1) is 9.50 Å². The minimum absolute atomic E-state index is 0.129. The van der Waals surface area contributed by atoms with Crippen LogP contribution in [-0.4, -0.2) is 13.4 Å². The fraction of sp³-hybridized carbons (Fsp3) is 0.167. The van der Waals surface area contributed by atoms with Gasteiger partial charge in [0.25, 0.3) is 16.4 Å². The van der Waals surface area contributed by atoms with Crippen LogP contribution in [-0.2, 0) is 10.0 Å². The van der Waals surface area contributed by atoms with Gasteiger partial charge in [-0.2, -0.15) is 0 Å².